The van der Waals surface area contributed by atoms with Crippen LogP contribution >= 0.6 is 0 Å². The zero-order valence-electron chi connectivity index (χ0n) is 19.3. The molecule has 2 fully saturated rings. The second-order valence-electron chi connectivity index (χ2n) is 10.1. The van der Waals surface area contributed by atoms with Gasteiger partial charge in [-0.05, 0) is 18.6 Å². The van der Waals surface area contributed by atoms with Gasteiger partial charge in [0.25, 0.3) is 11.8 Å². The summed E-state index contributed by atoms with van der Waals surface area (Å²) in [5.41, 5.74) is 0.398. The summed E-state index contributed by atoms with van der Waals surface area (Å²) in [4.78, 5) is 41.7. The lowest BCUT2D eigenvalue weighted by molar-refractivity contribution is -0.156. The van der Waals surface area contributed by atoms with Crippen molar-refractivity contribution in [3.8, 4) is 0 Å². The Kier molecular flexibility index (Phi) is 5.05. The van der Waals surface area contributed by atoms with E-state index in [1.807, 2.05) is 38.1 Å². The van der Waals surface area contributed by atoms with Gasteiger partial charge < -0.3 is 30.9 Å². The van der Waals surface area contributed by atoms with Crippen LogP contribution in [0.25, 0.3) is 17.0 Å². The molecule has 2 heterocycles. The van der Waals surface area contributed by atoms with Crippen molar-refractivity contribution in [2.24, 2.45) is 11.8 Å². The number of carbonyl (C=O) groups is 3. The number of carboxylic acids is 1. The Morgan fingerprint density at radius 3 is 2.60 bits per heavy atom. The van der Waals surface area contributed by atoms with Crippen molar-refractivity contribution >= 4 is 34.8 Å². The molecule has 6 N–H and O–H groups in total. The molecule has 35 heavy (non-hydrogen) atoms. The van der Waals surface area contributed by atoms with Crippen molar-refractivity contribution in [1.82, 2.24) is 15.6 Å². The lowest BCUT2D eigenvalue weighted by Gasteiger charge is -2.54. The van der Waals surface area contributed by atoms with Gasteiger partial charge in [-0.25, -0.2) is 4.79 Å². The highest BCUT2D eigenvalue weighted by molar-refractivity contribution is 6.11. The highest BCUT2D eigenvalue weighted by Gasteiger charge is 2.62. The molecule has 9 heteroatoms. The number of allylic oxidation sites excluding steroid dienone is 1. The number of aromatic nitrogens is 1. The fraction of sp³-hybridized carbons (Fsp3) is 0.346. The zero-order chi connectivity index (χ0) is 25.3. The highest BCUT2D eigenvalue weighted by atomic mass is 16.4. The molecule has 1 saturated carbocycles. The second-order valence-corrected chi connectivity index (χ2v) is 10.1. The minimum atomic E-state index is -1.56. The molecule has 6 rings (SSSR count). The van der Waals surface area contributed by atoms with Crippen molar-refractivity contribution in [3.63, 3.8) is 0 Å². The second kappa shape index (κ2) is 7.66. The van der Waals surface area contributed by atoms with E-state index in [0.717, 1.165) is 22.2 Å². The molecular weight excluding hydrogens is 450 g/mol. The van der Waals surface area contributed by atoms with Crippen LogP contribution in [0.15, 0.2) is 54.3 Å². The van der Waals surface area contributed by atoms with E-state index in [1.165, 1.54) is 6.08 Å². The van der Waals surface area contributed by atoms with E-state index >= 15 is 0 Å². The van der Waals surface area contributed by atoms with E-state index in [4.69, 9.17) is 0 Å². The Morgan fingerprint density at radius 2 is 1.91 bits per heavy atom. The summed E-state index contributed by atoms with van der Waals surface area (Å²) in [6.45, 7) is 7.89. The average Bonchev–Trinajstić information content (AvgIpc) is 3.19. The number of fused-ring (bicyclic) bond motifs is 2. The fourth-order valence-electron chi connectivity index (χ4n) is 5.59. The molecule has 1 spiro atoms. The molecule has 0 unspecified atom stereocenters. The lowest BCUT2D eigenvalue weighted by atomic mass is 9.57. The number of hydrogen-bond donors (Lipinski definition) is 6. The van der Waals surface area contributed by atoms with Gasteiger partial charge in [-0.3, -0.25) is 9.59 Å². The first-order valence-corrected chi connectivity index (χ1v) is 11.4. The van der Waals surface area contributed by atoms with Crippen molar-refractivity contribution in [2.75, 3.05) is 0 Å². The first-order valence-electron chi connectivity index (χ1n) is 11.4. The number of rotatable bonds is 4. The van der Waals surface area contributed by atoms with Gasteiger partial charge in [0, 0.05) is 45.0 Å². The van der Waals surface area contributed by atoms with Crippen LogP contribution in [-0.2, 0) is 19.8 Å². The number of amides is 2. The molecular formula is C26H27N3O6. The highest BCUT2D eigenvalue weighted by Crippen LogP contribution is 2.48. The summed E-state index contributed by atoms with van der Waals surface area (Å²) in [7, 11) is 0. The number of aromatic amines is 1. The molecule has 2 bridgehead atoms. The number of aliphatic carboxylic acids is 1. The predicted octanol–water partition coefficient (Wildman–Crippen LogP) is 1.34. The minimum Gasteiger partial charge on any atom is -0.478 e. The van der Waals surface area contributed by atoms with E-state index in [9.17, 15) is 29.7 Å². The SMILES string of the molecule is C=CC(C)(C)c1[nH]c2ccccc2c1/C=C1\NC(=O)[C@]2(C[C@@H]3C(C(=O)O)=C[C@H]2[C@@H](O)[C@@H]3O)NC1=O. The number of piperazine rings is 1. The maximum Gasteiger partial charge on any atom is 0.331 e. The molecule has 1 aromatic carbocycles. The quantitative estimate of drug-likeness (QED) is 0.289. The van der Waals surface area contributed by atoms with Gasteiger partial charge in [-0.15, -0.1) is 6.58 Å². The first-order chi connectivity index (χ1) is 16.5. The van der Waals surface area contributed by atoms with Crippen LogP contribution < -0.4 is 10.6 Å². The number of H-pyrrole nitrogens is 1. The van der Waals surface area contributed by atoms with E-state index in [2.05, 4.69) is 22.2 Å². The standard InChI is InChI=1S/C26H27N3O6/c1-4-25(2,3)21-13(12-7-5-6-8-17(12)27-21)10-18-22(32)29-26(24(35)28-18)11-15-14(23(33)34)9-16(26)20(31)19(15)30/h4-10,15-16,19-20,27,30-31H,1,11H2,2-3H3,(H,28,35)(H,29,32)(H,33,34)/b18-10-/t15-,16+,19-,20-,26-/m1/s1. The van der Waals surface area contributed by atoms with Crippen LogP contribution in [0.1, 0.15) is 31.5 Å². The first kappa shape index (κ1) is 23.1. The fourth-order valence-corrected chi connectivity index (χ4v) is 5.59. The molecule has 1 saturated heterocycles. The Bertz CT molecular complexity index is 1350. The number of para-hydroxylation sites is 1. The summed E-state index contributed by atoms with van der Waals surface area (Å²) in [5.74, 6) is -4.41. The summed E-state index contributed by atoms with van der Waals surface area (Å²) >= 11 is 0. The number of carboxylic acid groups (broad SMARTS) is 1. The van der Waals surface area contributed by atoms with Crippen LogP contribution in [0.4, 0.5) is 0 Å². The third-order valence-corrected chi connectivity index (χ3v) is 7.67. The van der Waals surface area contributed by atoms with E-state index in [0.29, 0.717) is 0 Å². The summed E-state index contributed by atoms with van der Waals surface area (Å²) < 4.78 is 0. The zero-order valence-corrected chi connectivity index (χ0v) is 19.3. The summed E-state index contributed by atoms with van der Waals surface area (Å²) in [6.07, 6.45) is 1.85. The number of aliphatic hydroxyl groups excluding tert-OH is 2. The van der Waals surface area contributed by atoms with Gasteiger partial charge >= 0.3 is 5.97 Å². The summed E-state index contributed by atoms with van der Waals surface area (Å²) in [5, 5.41) is 36.8. The van der Waals surface area contributed by atoms with Gasteiger partial charge in [0.05, 0.1) is 12.2 Å². The van der Waals surface area contributed by atoms with E-state index in [1.54, 1.807) is 12.2 Å². The maximum atomic E-state index is 13.4. The largest absolute Gasteiger partial charge is 0.478 e. The number of benzene rings is 1. The number of hydrogen-bond acceptors (Lipinski definition) is 5. The summed E-state index contributed by atoms with van der Waals surface area (Å²) in [6, 6.07) is 7.62. The van der Waals surface area contributed by atoms with Crippen molar-refractivity contribution < 1.29 is 29.7 Å². The predicted molar refractivity (Wildman–Crippen MR) is 128 cm³/mol. The van der Waals surface area contributed by atoms with Gasteiger partial charge in [-0.2, -0.15) is 0 Å². The van der Waals surface area contributed by atoms with Gasteiger partial charge in [-0.1, -0.05) is 44.2 Å². The van der Waals surface area contributed by atoms with Gasteiger partial charge in [0.15, 0.2) is 0 Å². The molecule has 3 aliphatic carbocycles. The molecule has 5 atom stereocenters. The van der Waals surface area contributed by atoms with Crippen LogP contribution in [0.5, 0.6) is 0 Å². The Morgan fingerprint density at radius 1 is 1.20 bits per heavy atom. The Hall–Kier alpha value is -3.69. The van der Waals surface area contributed by atoms with E-state index in [-0.39, 0.29) is 17.7 Å². The molecule has 2 aromatic rings. The van der Waals surface area contributed by atoms with E-state index < -0.39 is 52.8 Å². The molecule has 0 radical (unpaired) electrons. The van der Waals surface area contributed by atoms with Crippen molar-refractivity contribution in [2.45, 2.75) is 43.4 Å². The van der Waals surface area contributed by atoms with Crippen LogP contribution in [-0.4, -0.2) is 55.8 Å². The average molecular weight is 478 g/mol. The van der Waals surface area contributed by atoms with Crippen LogP contribution in [0.2, 0.25) is 0 Å². The smallest absolute Gasteiger partial charge is 0.331 e. The normalized spacial score (nSPS) is 31.4. The minimum absolute atomic E-state index is 0.0328. The van der Waals surface area contributed by atoms with Crippen molar-refractivity contribution in [3.05, 3.63) is 65.5 Å². The lowest BCUT2D eigenvalue weighted by Crippen LogP contribution is -2.75. The molecule has 182 valence electrons. The maximum absolute atomic E-state index is 13.4. The number of nitrogens with one attached hydrogen (secondary N) is 3. The molecule has 9 nitrogen and oxygen atoms in total. The topological polar surface area (TPSA) is 152 Å². The molecule has 4 aliphatic rings. The monoisotopic (exact) mass is 477 g/mol. The molecule has 1 aromatic heterocycles. The van der Waals surface area contributed by atoms with Gasteiger partial charge in [0.1, 0.15) is 11.2 Å². The third-order valence-electron chi connectivity index (χ3n) is 7.67. The van der Waals surface area contributed by atoms with Gasteiger partial charge in [0.2, 0.25) is 0 Å². The Labute approximate surface area is 201 Å². The molecule has 1 aliphatic heterocycles. The number of carbonyl (C=O) groups excluding carboxylic acids is 2. The van der Waals surface area contributed by atoms with Crippen LogP contribution in [0.3, 0.4) is 0 Å². The van der Waals surface area contributed by atoms with Crippen LogP contribution in [0, 0.1) is 11.8 Å². The number of aliphatic hydroxyl groups is 2. The Balaban J connectivity index is 1.56. The van der Waals surface area contributed by atoms with Crippen molar-refractivity contribution in [1.29, 1.82) is 0 Å². The molecule has 2 amide bonds. The third kappa shape index (κ3) is 3.26.